The molecule has 2 aromatic rings. The molecule has 0 aromatic heterocycles. The zero-order valence-corrected chi connectivity index (χ0v) is 11.5. The van der Waals surface area contributed by atoms with E-state index >= 15 is 0 Å². The predicted molar refractivity (Wildman–Crippen MR) is 80.7 cm³/mol. The Morgan fingerprint density at radius 3 is 2.95 bits per heavy atom. The minimum atomic E-state index is -0.347. The van der Waals surface area contributed by atoms with Crippen LogP contribution in [0.1, 0.15) is 22.7 Å². The monoisotopic (exact) mass is 277 g/mol. The van der Waals surface area contributed by atoms with Crippen molar-refractivity contribution in [3.05, 3.63) is 65.2 Å². The average molecular weight is 277 g/mol. The summed E-state index contributed by atoms with van der Waals surface area (Å²) in [7, 11) is 0. The SMILES string of the molecule is N#Cc1cccc(NC(=O)C2NCCc3ccccc32)c1. The molecule has 0 aliphatic carbocycles. The molecule has 2 aromatic carbocycles. The van der Waals surface area contributed by atoms with Crippen molar-refractivity contribution in [1.82, 2.24) is 5.32 Å². The smallest absolute Gasteiger partial charge is 0.246 e. The molecule has 1 atom stereocenters. The fraction of sp³-hybridized carbons (Fsp3) is 0.176. The number of rotatable bonds is 2. The first-order valence-electron chi connectivity index (χ1n) is 6.90. The van der Waals surface area contributed by atoms with Gasteiger partial charge >= 0.3 is 0 Å². The van der Waals surface area contributed by atoms with E-state index in [0.29, 0.717) is 11.3 Å². The van der Waals surface area contributed by atoms with Gasteiger partial charge < -0.3 is 10.6 Å². The van der Waals surface area contributed by atoms with E-state index in [2.05, 4.69) is 22.8 Å². The molecule has 0 spiro atoms. The van der Waals surface area contributed by atoms with Crippen molar-refractivity contribution in [1.29, 1.82) is 5.26 Å². The molecule has 1 unspecified atom stereocenters. The minimum absolute atomic E-state index is 0.0998. The highest BCUT2D eigenvalue weighted by molar-refractivity contribution is 5.96. The van der Waals surface area contributed by atoms with Gasteiger partial charge in [-0.05, 0) is 35.7 Å². The highest BCUT2D eigenvalue weighted by Crippen LogP contribution is 2.24. The Hall–Kier alpha value is -2.64. The topological polar surface area (TPSA) is 64.9 Å². The normalized spacial score (nSPS) is 16.6. The van der Waals surface area contributed by atoms with Crippen LogP contribution in [0.4, 0.5) is 5.69 Å². The maximum atomic E-state index is 12.5. The van der Waals surface area contributed by atoms with Gasteiger partial charge in [0.2, 0.25) is 5.91 Å². The number of hydrogen-bond donors (Lipinski definition) is 2. The third kappa shape index (κ3) is 2.78. The predicted octanol–water partition coefficient (Wildman–Crippen LogP) is 2.38. The molecular formula is C17H15N3O. The zero-order chi connectivity index (χ0) is 14.7. The van der Waals surface area contributed by atoms with Crippen LogP contribution in [0.3, 0.4) is 0 Å². The number of anilines is 1. The summed E-state index contributed by atoms with van der Waals surface area (Å²) in [5, 5.41) is 15.0. The van der Waals surface area contributed by atoms with E-state index in [-0.39, 0.29) is 11.9 Å². The lowest BCUT2D eigenvalue weighted by Crippen LogP contribution is -2.38. The Bertz CT molecular complexity index is 718. The number of nitriles is 1. The Labute approximate surface area is 123 Å². The molecule has 0 saturated carbocycles. The van der Waals surface area contributed by atoms with Gasteiger partial charge in [-0.15, -0.1) is 0 Å². The Morgan fingerprint density at radius 2 is 2.10 bits per heavy atom. The van der Waals surface area contributed by atoms with Crippen LogP contribution in [-0.2, 0) is 11.2 Å². The number of carbonyl (C=O) groups is 1. The summed E-state index contributed by atoms with van der Waals surface area (Å²) in [6, 6.07) is 16.6. The highest BCUT2D eigenvalue weighted by atomic mass is 16.2. The van der Waals surface area contributed by atoms with E-state index in [9.17, 15) is 4.79 Å². The first-order valence-corrected chi connectivity index (χ1v) is 6.90. The molecule has 21 heavy (non-hydrogen) atoms. The maximum absolute atomic E-state index is 12.5. The molecule has 0 radical (unpaired) electrons. The summed E-state index contributed by atoms with van der Waals surface area (Å²) in [6.45, 7) is 0.785. The quantitative estimate of drug-likeness (QED) is 0.885. The largest absolute Gasteiger partial charge is 0.324 e. The molecule has 3 rings (SSSR count). The molecule has 1 heterocycles. The lowest BCUT2D eigenvalue weighted by molar-refractivity contribution is -0.118. The summed E-state index contributed by atoms with van der Waals surface area (Å²) in [6.07, 6.45) is 0.934. The van der Waals surface area contributed by atoms with E-state index in [0.717, 1.165) is 18.5 Å². The average Bonchev–Trinajstić information content (AvgIpc) is 2.54. The lowest BCUT2D eigenvalue weighted by Gasteiger charge is -2.26. The van der Waals surface area contributed by atoms with Gasteiger partial charge in [-0.25, -0.2) is 0 Å². The molecule has 4 heteroatoms. The van der Waals surface area contributed by atoms with Gasteiger partial charge in [-0.2, -0.15) is 5.26 Å². The van der Waals surface area contributed by atoms with Crippen LogP contribution < -0.4 is 10.6 Å². The number of carbonyl (C=O) groups excluding carboxylic acids is 1. The summed E-state index contributed by atoms with van der Waals surface area (Å²) in [4.78, 5) is 12.5. The summed E-state index contributed by atoms with van der Waals surface area (Å²) < 4.78 is 0. The van der Waals surface area contributed by atoms with Crippen LogP contribution in [0.25, 0.3) is 0 Å². The number of hydrogen-bond acceptors (Lipinski definition) is 3. The van der Waals surface area contributed by atoms with Gasteiger partial charge in [0.1, 0.15) is 6.04 Å². The second-order valence-corrected chi connectivity index (χ2v) is 5.02. The van der Waals surface area contributed by atoms with Crippen molar-refractivity contribution in [2.24, 2.45) is 0 Å². The summed E-state index contributed by atoms with van der Waals surface area (Å²) in [5.41, 5.74) is 3.41. The maximum Gasteiger partial charge on any atom is 0.246 e. The molecule has 1 aliphatic rings. The van der Waals surface area contributed by atoms with Gasteiger partial charge in [-0.1, -0.05) is 30.3 Å². The van der Waals surface area contributed by atoms with Crippen molar-refractivity contribution >= 4 is 11.6 Å². The number of amides is 1. The lowest BCUT2D eigenvalue weighted by atomic mass is 9.94. The van der Waals surface area contributed by atoms with Crippen molar-refractivity contribution in [3.8, 4) is 6.07 Å². The van der Waals surface area contributed by atoms with E-state index in [1.165, 1.54) is 5.56 Å². The van der Waals surface area contributed by atoms with Crippen molar-refractivity contribution < 1.29 is 4.79 Å². The standard InChI is InChI=1S/C17H15N3O/c18-11-12-4-3-6-14(10-12)20-17(21)16-15-7-2-1-5-13(15)8-9-19-16/h1-7,10,16,19H,8-9H2,(H,20,21). The highest BCUT2D eigenvalue weighted by Gasteiger charge is 2.25. The Morgan fingerprint density at radius 1 is 1.24 bits per heavy atom. The molecule has 1 aliphatic heterocycles. The van der Waals surface area contributed by atoms with Gasteiger partial charge in [-0.3, -0.25) is 4.79 Å². The molecule has 0 bridgehead atoms. The minimum Gasteiger partial charge on any atom is -0.324 e. The van der Waals surface area contributed by atoms with Crippen molar-refractivity contribution in [3.63, 3.8) is 0 Å². The molecule has 1 amide bonds. The summed E-state index contributed by atoms with van der Waals surface area (Å²) >= 11 is 0. The van der Waals surface area contributed by atoms with Crippen LogP contribution in [-0.4, -0.2) is 12.5 Å². The van der Waals surface area contributed by atoms with Crippen molar-refractivity contribution in [2.75, 3.05) is 11.9 Å². The third-order valence-corrected chi connectivity index (χ3v) is 3.63. The molecule has 0 saturated heterocycles. The number of nitrogens with zero attached hydrogens (tertiary/aromatic N) is 1. The fourth-order valence-electron chi connectivity index (χ4n) is 2.62. The van der Waals surface area contributed by atoms with E-state index in [1.807, 2.05) is 18.2 Å². The van der Waals surface area contributed by atoms with Gasteiger partial charge in [0.15, 0.2) is 0 Å². The van der Waals surface area contributed by atoms with Crippen LogP contribution in [0.5, 0.6) is 0 Å². The molecule has 2 N–H and O–H groups in total. The zero-order valence-electron chi connectivity index (χ0n) is 11.5. The molecule has 4 nitrogen and oxygen atoms in total. The van der Waals surface area contributed by atoms with Gasteiger partial charge in [0.05, 0.1) is 11.6 Å². The van der Waals surface area contributed by atoms with E-state index < -0.39 is 0 Å². The Balaban J connectivity index is 1.82. The first-order chi connectivity index (χ1) is 10.3. The van der Waals surface area contributed by atoms with Crippen LogP contribution in [0.15, 0.2) is 48.5 Å². The van der Waals surface area contributed by atoms with Crippen LogP contribution in [0.2, 0.25) is 0 Å². The molecule has 0 fully saturated rings. The van der Waals surface area contributed by atoms with E-state index in [1.54, 1.807) is 24.3 Å². The Kier molecular flexibility index (Phi) is 3.67. The summed E-state index contributed by atoms with van der Waals surface area (Å²) in [5.74, 6) is -0.0998. The van der Waals surface area contributed by atoms with Crippen molar-refractivity contribution in [2.45, 2.75) is 12.5 Å². The second kappa shape index (κ2) is 5.78. The van der Waals surface area contributed by atoms with E-state index in [4.69, 9.17) is 5.26 Å². The number of nitrogens with one attached hydrogen (secondary N) is 2. The third-order valence-electron chi connectivity index (χ3n) is 3.63. The van der Waals surface area contributed by atoms with Crippen LogP contribution >= 0.6 is 0 Å². The van der Waals surface area contributed by atoms with Gasteiger partial charge in [0.25, 0.3) is 0 Å². The molecule has 104 valence electrons. The number of benzene rings is 2. The van der Waals surface area contributed by atoms with Crippen LogP contribution in [0, 0.1) is 11.3 Å². The molecular weight excluding hydrogens is 262 g/mol. The first kappa shape index (κ1) is 13.3. The second-order valence-electron chi connectivity index (χ2n) is 5.02. The van der Waals surface area contributed by atoms with Gasteiger partial charge in [0, 0.05) is 12.2 Å². The fourth-order valence-corrected chi connectivity index (χ4v) is 2.62. The number of fused-ring (bicyclic) bond motifs is 1.